The molecule has 1 rings (SSSR count). The van der Waals surface area contributed by atoms with Crippen molar-refractivity contribution in [2.75, 3.05) is 19.6 Å². The van der Waals surface area contributed by atoms with E-state index < -0.39 is 0 Å². The number of carbonyl (C=O) groups is 1. The SMILES string of the molecule is CCNC(=O)C(C)N1CC(N)C1. The standard InChI is InChI=1S/C8H17N3O/c1-3-10-8(12)6(2)11-4-7(9)5-11/h6-7H,3-5,9H2,1-2H3,(H,10,12). The van der Waals surface area contributed by atoms with Gasteiger partial charge in [-0.1, -0.05) is 0 Å². The first kappa shape index (κ1) is 9.48. The number of likely N-dealkylation sites (tertiary alicyclic amines) is 1. The van der Waals surface area contributed by atoms with Crippen molar-refractivity contribution >= 4 is 5.91 Å². The highest BCUT2D eigenvalue weighted by atomic mass is 16.2. The Balaban J connectivity index is 2.27. The first-order chi connectivity index (χ1) is 5.65. The molecule has 1 unspecified atom stereocenters. The van der Waals surface area contributed by atoms with Crippen LogP contribution >= 0.6 is 0 Å². The number of hydrogen-bond donors (Lipinski definition) is 2. The Bertz CT molecular complexity index is 166. The average Bonchev–Trinajstić information content (AvgIpc) is 1.98. The van der Waals surface area contributed by atoms with Crippen LogP contribution in [0.15, 0.2) is 0 Å². The lowest BCUT2D eigenvalue weighted by atomic mass is 10.1. The van der Waals surface area contributed by atoms with Gasteiger partial charge in [-0.2, -0.15) is 0 Å². The zero-order chi connectivity index (χ0) is 9.14. The summed E-state index contributed by atoms with van der Waals surface area (Å²) in [4.78, 5) is 13.4. The maximum atomic E-state index is 11.3. The number of nitrogens with two attached hydrogens (primary N) is 1. The van der Waals surface area contributed by atoms with Crippen molar-refractivity contribution in [3.8, 4) is 0 Å². The van der Waals surface area contributed by atoms with Crippen molar-refractivity contribution in [2.45, 2.75) is 25.9 Å². The minimum Gasteiger partial charge on any atom is -0.355 e. The summed E-state index contributed by atoms with van der Waals surface area (Å²) in [6, 6.07) is 0.242. The predicted molar refractivity (Wildman–Crippen MR) is 47.7 cm³/mol. The van der Waals surface area contributed by atoms with Crippen LogP contribution in [0.25, 0.3) is 0 Å². The first-order valence-electron chi connectivity index (χ1n) is 4.42. The maximum absolute atomic E-state index is 11.3. The lowest BCUT2D eigenvalue weighted by Crippen LogP contribution is -2.61. The fraction of sp³-hybridized carbons (Fsp3) is 0.875. The summed E-state index contributed by atoms with van der Waals surface area (Å²) in [5.74, 6) is 0.101. The lowest BCUT2D eigenvalue weighted by molar-refractivity contribution is -0.127. The van der Waals surface area contributed by atoms with Crippen LogP contribution < -0.4 is 11.1 Å². The molecule has 0 aromatic rings. The first-order valence-corrected chi connectivity index (χ1v) is 4.42. The third-order valence-electron chi connectivity index (χ3n) is 2.22. The monoisotopic (exact) mass is 171 g/mol. The van der Waals surface area contributed by atoms with Crippen molar-refractivity contribution < 1.29 is 4.79 Å². The molecule has 4 nitrogen and oxygen atoms in total. The number of amides is 1. The molecule has 0 radical (unpaired) electrons. The molecule has 70 valence electrons. The van der Waals surface area contributed by atoms with E-state index in [0.717, 1.165) is 13.1 Å². The normalized spacial score (nSPS) is 21.6. The minimum absolute atomic E-state index is 0.0234. The Morgan fingerprint density at radius 2 is 2.33 bits per heavy atom. The fourth-order valence-electron chi connectivity index (χ4n) is 1.35. The number of rotatable bonds is 3. The third kappa shape index (κ3) is 1.95. The topological polar surface area (TPSA) is 58.4 Å². The second-order valence-corrected chi connectivity index (χ2v) is 3.28. The number of nitrogens with one attached hydrogen (secondary N) is 1. The van der Waals surface area contributed by atoms with E-state index in [-0.39, 0.29) is 18.0 Å². The zero-order valence-corrected chi connectivity index (χ0v) is 7.71. The Kier molecular flexibility index (Phi) is 3.05. The van der Waals surface area contributed by atoms with Gasteiger partial charge in [-0.3, -0.25) is 9.69 Å². The molecule has 1 aliphatic rings. The van der Waals surface area contributed by atoms with Crippen molar-refractivity contribution in [3.05, 3.63) is 0 Å². The van der Waals surface area contributed by atoms with Gasteiger partial charge in [0.2, 0.25) is 5.91 Å². The van der Waals surface area contributed by atoms with Crippen LogP contribution in [0.4, 0.5) is 0 Å². The van der Waals surface area contributed by atoms with Crippen LogP contribution in [0.1, 0.15) is 13.8 Å². The molecule has 1 fully saturated rings. The number of hydrogen-bond acceptors (Lipinski definition) is 3. The molecule has 0 aliphatic carbocycles. The van der Waals surface area contributed by atoms with Gasteiger partial charge in [0.1, 0.15) is 0 Å². The zero-order valence-electron chi connectivity index (χ0n) is 7.71. The highest BCUT2D eigenvalue weighted by Gasteiger charge is 2.30. The summed E-state index contributed by atoms with van der Waals surface area (Å²) in [7, 11) is 0. The Hall–Kier alpha value is -0.610. The highest BCUT2D eigenvalue weighted by molar-refractivity contribution is 5.81. The largest absolute Gasteiger partial charge is 0.355 e. The van der Waals surface area contributed by atoms with Gasteiger partial charge in [0.15, 0.2) is 0 Å². The maximum Gasteiger partial charge on any atom is 0.237 e. The number of likely N-dealkylation sites (N-methyl/N-ethyl adjacent to an activating group) is 1. The van der Waals surface area contributed by atoms with Gasteiger partial charge in [0.25, 0.3) is 0 Å². The second-order valence-electron chi connectivity index (χ2n) is 3.28. The molecule has 0 aromatic heterocycles. The predicted octanol–water partition coefficient (Wildman–Crippen LogP) is -0.846. The van der Waals surface area contributed by atoms with E-state index >= 15 is 0 Å². The van der Waals surface area contributed by atoms with Gasteiger partial charge >= 0.3 is 0 Å². The molecule has 3 N–H and O–H groups in total. The summed E-state index contributed by atoms with van der Waals surface area (Å²) >= 11 is 0. The quantitative estimate of drug-likeness (QED) is 0.582. The van der Waals surface area contributed by atoms with E-state index in [1.54, 1.807) is 0 Å². The van der Waals surface area contributed by atoms with Crippen LogP contribution in [-0.2, 0) is 4.79 Å². The van der Waals surface area contributed by atoms with Gasteiger partial charge in [-0.25, -0.2) is 0 Å². The summed E-state index contributed by atoms with van der Waals surface area (Å²) in [5.41, 5.74) is 5.61. The molecule has 0 spiro atoms. The Morgan fingerprint density at radius 3 is 2.75 bits per heavy atom. The van der Waals surface area contributed by atoms with Gasteiger partial charge in [-0.05, 0) is 13.8 Å². The van der Waals surface area contributed by atoms with E-state index in [1.165, 1.54) is 0 Å². The Morgan fingerprint density at radius 1 is 1.75 bits per heavy atom. The molecule has 1 amide bonds. The molecule has 4 heteroatoms. The van der Waals surface area contributed by atoms with Crippen molar-refractivity contribution in [2.24, 2.45) is 5.73 Å². The van der Waals surface area contributed by atoms with Gasteiger partial charge in [0, 0.05) is 25.7 Å². The van der Waals surface area contributed by atoms with E-state index in [9.17, 15) is 4.79 Å². The summed E-state index contributed by atoms with van der Waals surface area (Å²) < 4.78 is 0. The van der Waals surface area contributed by atoms with E-state index in [1.807, 2.05) is 13.8 Å². The van der Waals surface area contributed by atoms with Crippen molar-refractivity contribution in [1.82, 2.24) is 10.2 Å². The number of nitrogens with zero attached hydrogens (tertiary/aromatic N) is 1. The molecular weight excluding hydrogens is 154 g/mol. The minimum atomic E-state index is -0.0234. The molecule has 1 atom stereocenters. The van der Waals surface area contributed by atoms with Crippen molar-refractivity contribution in [3.63, 3.8) is 0 Å². The molecular formula is C8H17N3O. The molecule has 0 bridgehead atoms. The Labute approximate surface area is 73.1 Å². The molecule has 12 heavy (non-hydrogen) atoms. The summed E-state index contributed by atoms with van der Waals surface area (Å²) in [6.07, 6.45) is 0. The molecule has 0 aromatic carbocycles. The smallest absolute Gasteiger partial charge is 0.237 e. The van der Waals surface area contributed by atoms with Gasteiger partial charge in [-0.15, -0.1) is 0 Å². The average molecular weight is 171 g/mol. The van der Waals surface area contributed by atoms with E-state index in [2.05, 4.69) is 10.2 Å². The van der Waals surface area contributed by atoms with Crippen molar-refractivity contribution in [1.29, 1.82) is 0 Å². The summed E-state index contributed by atoms with van der Waals surface area (Å²) in [5, 5.41) is 2.79. The van der Waals surface area contributed by atoms with Crippen LogP contribution in [0.5, 0.6) is 0 Å². The highest BCUT2D eigenvalue weighted by Crippen LogP contribution is 2.09. The fourth-order valence-corrected chi connectivity index (χ4v) is 1.35. The van der Waals surface area contributed by atoms with E-state index in [4.69, 9.17) is 5.73 Å². The molecule has 1 aliphatic heterocycles. The second kappa shape index (κ2) is 3.87. The molecule has 1 heterocycles. The number of carbonyl (C=O) groups excluding carboxylic acids is 1. The van der Waals surface area contributed by atoms with Gasteiger partial charge < -0.3 is 11.1 Å². The molecule has 1 saturated heterocycles. The van der Waals surface area contributed by atoms with Crippen LogP contribution in [0.3, 0.4) is 0 Å². The van der Waals surface area contributed by atoms with Crippen LogP contribution in [-0.4, -0.2) is 42.5 Å². The van der Waals surface area contributed by atoms with Gasteiger partial charge in [0.05, 0.1) is 6.04 Å². The van der Waals surface area contributed by atoms with Crippen LogP contribution in [0.2, 0.25) is 0 Å². The molecule has 0 saturated carbocycles. The summed E-state index contributed by atoms with van der Waals surface area (Å²) in [6.45, 7) is 6.23. The lowest BCUT2D eigenvalue weighted by Gasteiger charge is -2.40. The van der Waals surface area contributed by atoms with Crippen LogP contribution in [0, 0.1) is 0 Å². The third-order valence-corrected chi connectivity index (χ3v) is 2.22. The van der Waals surface area contributed by atoms with E-state index in [0.29, 0.717) is 6.54 Å².